The molecule has 0 unspecified atom stereocenters. The van der Waals surface area contributed by atoms with Crippen LogP contribution >= 0.6 is 0 Å². The van der Waals surface area contributed by atoms with Crippen molar-refractivity contribution in [1.29, 1.82) is 0 Å². The average molecular weight is 340 g/mol. The van der Waals surface area contributed by atoms with Gasteiger partial charge in [0.1, 0.15) is 5.41 Å². The van der Waals surface area contributed by atoms with E-state index in [9.17, 15) is 9.90 Å². The van der Waals surface area contributed by atoms with E-state index in [2.05, 4.69) is 24.5 Å². The van der Waals surface area contributed by atoms with Gasteiger partial charge in [0.25, 0.3) is 0 Å². The molecule has 2 aromatic carbocycles. The monoisotopic (exact) mass is 340 g/mol. The molecule has 3 N–H and O–H groups in total. The fourth-order valence-electron chi connectivity index (χ4n) is 2.80. The molecule has 0 radical (unpaired) electrons. The summed E-state index contributed by atoms with van der Waals surface area (Å²) in [5, 5.41) is 16.6. The summed E-state index contributed by atoms with van der Waals surface area (Å²) in [5.41, 5.74) is 2.49. The summed E-state index contributed by atoms with van der Waals surface area (Å²) in [7, 11) is 0. The van der Waals surface area contributed by atoms with Gasteiger partial charge in [-0.3, -0.25) is 4.79 Å². The van der Waals surface area contributed by atoms with Crippen LogP contribution in [0.25, 0.3) is 0 Å². The van der Waals surface area contributed by atoms with Gasteiger partial charge in [-0.05, 0) is 55.2 Å². The maximum absolute atomic E-state index is 12.1. The van der Waals surface area contributed by atoms with Crippen molar-refractivity contribution in [3.8, 4) is 0 Å². The molecule has 0 bridgehead atoms. The smallest absolute Gasteiger partial charge is 0.318 e. The maximum atomic E-state index is 12.1. The Morgan fingerprint density at radius 2 is 1.20 bits per heavy atom. The van der Waals surface area contributed by atoms with Gasteiger partial charge in [-0.1, -0.05) is 38.1 Å². The number of rotatable bonds is 9. The van der Waals surface area contributed by atoms with E-state index in [0.717, 1.165) is 48.4 Å². The molecule has 0 heterocycles. The number of carboxylic acid groups (broad SMARTS) is 1. The van der Waals surface area contributed by atoms with E-state index in [0.29, 0.717) is 0 Å². The zero-order chi connectivity index (χ0) is 18.3. The van der Waals surface area contributed by atoms with Crippen LogP contribution in [0, 0.1) is 0 Å². The largest absolute Gasteiger partial charge is 0.480 e. The Balaban J connectivity index is 2.29. The first-order chi connectivity index (χ1) is 12.0. The molecule has 2 aromatic rings. The van der Waals surface area contributed by atoms with E-state index in [1.165, 1.54) is 0 Å². The van der Waals surface area contributed by atoms with Gasteiger partial charge in [-0.25, -0.2) is 0 Å². The first-order valence-electron chi connectivity index (χ1n) is 8.94. The van der Waals surface area contributed by atoms with Gasteiger partial charge < -0.3 is 15.7 Å². The summed E-state index contributed by atoms with van der Waals surface area (Å²) >= 11 is 0. The molecular formula is C21H28N2O2. The van der Waals surface area contributed by atoms with Crippen LogP contribution in [0.15, 0.2) is 48.5 Å². The lowest BCUT2D eigenvalue weighted by atomic mass is 9.76. The lowest BCUT2D eigenvalue weighted by Gasteiger charge is -2.26. The fraction of sp³-hybridized carbons (Fsp3) is 0.381. The van der Waals surface area contributed by atoms with Crippen molar-refractivity contribution >= 4 is 17.3 Å². The second kappa shape index (κ2) is 8.56. The van der Waals surface area contributed by atoms with Gasteiger partial charge in [0.2, 0.25) is 0 Å². The van der Waals surface area contributed by atoms with Crippen LogP contribution in [0.2, 0.25) is 0 Å². The number of aliphatic carboxylic acids is 1. The predicted octanol–water partition coefficient (Wildman–Crippen LogP) is 4.72. The van der Waals surface area contributed by atoms with E-state index in [-0.39, 0.29) is 0 Å². The van der Waals surface area contributed by atoms with Crippen molar-refractivity contribution in [1.82, 2.24) is 0 Å². The van der Waals surface area contributed by atoms with Gasteiger partial charge in [-0.2, -0.15) is 0 Å². The molecule has 4 heteroatoms. The molecule has 0 aliphatic heterocycles. The van der Waals surface area contributed by atoms with Crippen LogP contribution in [0.3, 0.4) is 0 Å². The average Bonchev–Trinajstić information content (AvgIpc) is 2.64. The third kappa shape index (κ3) is 4.32. The molecule has 2 rings (SSSR count). The summed E-state index contributed by atoms with van der Waals surface area (Å²) in [6.45, 7) is 7.80. The molecule has 0 aliphatic rings. The molecule has 0 aromatic heterocycles. The van der Waals surface area contributed by atoms with Gasteiger partial charge in [0.05, 0.1) is 0 Å². The van der Waals surface area contributed by atoms with Crippen LogP contribution in [-0.4, -0.2) is 24.2 Å². The highest BCUT2D eigenvalue weighted by Crippen LogP contribution is 2.33. The molecule has 0 spiro atoms. The highest BCUT2D eigenvalue weighted by molar-refractivity contribution is 5.85. The van der Waals surface area contributed by atoms with E-state index in [4.69, 9.17) is 0 Å². The summed E-state index contributed by atoms with van der Waals surface area (Å²) < 4.78 is 0. The molecule has 0 saturated heterocycles. The number of benzene rings is 2. The van der Waals surface area contributed by atoms with Crippen molar-refractivity contribution in [2.24, 2.45) is 0 Å². The Labute approximate surface area is 150 Å². The first-order valence-corrected chi connectivity index (χ1v) is 8.94. The van der Waals surface area contributed by atoms with Gasteiger partial charge in [0, 0.05) is 24.5 Å². The number of hydrogen-bond acceptors (Lipinski definition) is 3. The lowest BCUT2D eigenvalue weighted by Crippen LogP contribution is -2.33. The summed E-state index contributed by atoms with van der Waals surface area (Å²) in [6, 6.07) is 15.4. The van der Waals surface area contributed by atoms with Crippen molar-refractivity contribution in [2.45, 2.75) is 39.0 Å². The van der Waals surface area contributed by atoms with Crippen LogP contribution in [-0.2, 0) is 10.2 Å². The molecule has 25 heavy (non-hydrogen) atoms. The van der Waals surface area contributed by atoms with Crippen LogP contribution in [0.1, 0.15) is 44.7 Å². The normalized spacial score (nSPS) is 11.2. The Kier molecular flexibility index (Phi) is 6.45. The van der Waals surface area contributed by atoms with Gasteiger partial charge >= 0.3 is 5.97 Å². The zero-order valence-corrected chi connectivity index (χ0v) is 15.3. The molecule has 0 saturated carbocycles. The standard InChI is InChI=1S/C21H28N2O2/c1-4-14-22-18-10-6-16(7-11-18)21(3,20(24)25)17-8-12-19(13-9-17)23-15-5-2/h6-13,22-23H,4-5,14-15H2,1-3H3,(H,24,25). The fourth-order valence-corrected chi connectivity index (χ4v) is 2.80. The van der Waals surface area contributed by atoms with Crippen molar-refractivity contribution in [3.05, 3.63) is 59.7 Å². The summed E-state index contributed by atoms with van der Waals surface area (Å²) in [5.74, 6) is -0.851. The number of carbonyl (C=O) groups is 1. The first kappa shape index (κ1) is 18.8. The number of hydrogen-bond donors (Lipinski definition) is 3. The number of nitrogens with one attached hydrogen (secondary N) is 2. The van der Waals surface area contributed by atoms with E-state index in [1.54, 1.807) is 6.92 Å². The molecule has 0 fully saturated rings. The minimum atomic E-state index is -1.08. The minimum Gasteiger partial charge on any atom is -0.480 e. The second-order valence-electron chi connectivity index (χ2n) is 6.44. The van der Waals surface area contributed by atoms with Crippen molar-refractivity contribution < 1.29 is 9.90 Å². The molecular weight excluding hydrogens is 312 g/mol. The third-order valence-corrected chi connectivity index (χ3v) is 4.51. The van der Waals surface area contributed by atoms with E-state index < -0.39 is 11.4 Å². The molecule has 0 aliphatic carbocycles. The van der Waals surface area contributed by atoms with E-state index in [1.807, 2.05) is 48.5 Å². The van der Waals surface area contributed by atoms with Gasteiger partial charge in [-0.15, -0.1) is 0 Å². The number of anilines is 2. The summed E-state index contributed by atoms with van der Waals surface area (Å²) in [6.07, 6.45) is 2.10. The number of carboxylic acids is 1. The Morgan fingerprint density at radius 3 is 1.48 bits per heavy atom. The van der Waals surface area contributed by atoms with Crippen LogP contribution in [0.5, 0.6) is 0 Å². The molecule has 0 amide bonds. The van der Waals surface area contributed by atoms with Crippen LogP contribution in [0.4, 0.5) is 11.4 Å². The SMILES string of the molecule is CCCNc1ccc(C(C)(C(=O)O)c2ccc(NCCC)cc2)cc1. The predicted molar refractivity (Wildman–Crippen MR) is 105 cm³/mol. The minimum absolute atomic E-state index is 0.774. The lowest BCUT2D eigenvalue weighted by molar-refractivity contribution is -0.141. The Morgan fingerprint density at radius 1 is 0.840 bits per heavy atom. The second-order valence-corrected chi connectivity index (χ2v) is 6.44. The van der Waals surface area contributed by atoms with Crippen LogP contribution < -0.4 is 10.6 Å². The highest BCUT2D eigenvalue weighted by atomic mass is 16.4. The maximum Gasteiger partial charge on any atom is 0.318 e. The van der Waals surface area contributed by atoms with Crippen molar-refractivity contribution in [2.75, 3.05) is 23.7 Å². The zero-order valence-electron chi connectivity index (χ0n) is 15.3. The highest BCUT2D eigenvalue weighted by Gasteiger charge is 2.37. The molecule has 134 valence electrons. The summed E-state index contributed by atoms with van der Waals surface area (Å²) in [4.78, 5) is 12.1. The van der Waals surface area contributed by atoms with E-state index >= 15 is 0 Å². The quantitative estimate of drug-likeness (QED) is 0.618. The Hall–Kier alpha value is -2.49. The molecule has 0 atom stereocenters. The third-order valence-electron chi connectivity index (χ3n) is 4.51. The van der Waals surface area contributed by atoms with Gasteiger partial charge in [0.15, 0.2) is 0 Å². The topological polar surface area (TPSA) is 61.4 Å². The van der Waals surface area contributed by atoms with Crippen molar-refractivity contribution in [3.63, 3.8) is 0 Å². The molecule has 4 nitrogen and oxygen atoms in total. The Bertz CT molecular complexity index is 627.